The van der Waals surface area contributed by atoms with Gasteiger partial charge in [-0.3, -0.25) is 4.90 Å². The van der Waals surface area contributed by atoms with Gasteiger partial charge in [-0.2, -0.15) is 0 Å². The summed E-state index contributed by atoms with van der Waals surface area (Å²) in [6, 6.07) is 0. The smallest absolute Gasteiger partial charge is 0.0371 e. The zero-order valence-electron chi connectivity index (χ0n) is 10.4. The van der Waals surface area contributed by atoms with Crippen molar-refractivity contribution in [2.45, 2.75) is 77.9 Å². The number of hydrogen-bond donors (Lipinski definition) is 0. The lowest BCUT2D eigenvalue weighted by molar-refractivity contribution is 0.219. The quantitative estimate of drug-likeness (QED) is 0.593. The van der Waals surface area contributed by atoms with Crippen LogP contribution >= 0.6 is 0 Å². The third kappa shape index (κ3) is 1.24. The van der Waals surface area contributed by atoms with Crippen molar-refractivity contribution >= 4 is 0 Å². The van der Waals surface area contributed by atoms with E-state index in [9.17, 15) is 0 Å². The van der Waals surface area contributed by atoms with Gasteiger partial charge < -0.3 is 0 Å². The predicted octanol–water partition coefficient (Wildman–Crippen LogP) is 3.44. The van der Waals surface area contributed by atoms with E-state index in [1.165, 1.54) is 12.8 Å². The molecule has 13 heavy (non-hydrogen) atoms. The van der Waals surface area contributed by atoms with Crippen molar-refractivity contribution in [2.24, 2.45) is 0 Å². The molecule has 2 atom stereocenters. The van der Waals surface area contributed by atoms with Crippen molar-refractivity contribution in [1.29, 1.82) is 0 Å². The van der Waals surface area contributed by atoms with Crippen LogP contribution in [0.2, 0.25) is 0 Å². The highest BCUT2D eigenvalue weighted by atomic mass is 15.5. The molecular weight excluding hydrogens is 158 g/mol. The largest absolute Gasteiger partial charge is 0.284 e. The second-order valence-corrected chi connectivity index (χ2v) is 5.76. The molecule has 1 fully saturated rings. The Bertz CT molecular complexity index is 188. The summed E-state index contributed by atoms with van der Waals surface area (Å²) in [6.07, 6.45) is 2.52. The molecule has 2 unspecified atom stereocenters. The number of nitrogens with zero attached hydrogens (tertiary/aromatic N) is 1. The van der Waals surface area contributed by atoms with Crippen molar-refractivity contribution < 1.29 is 0 Å². The SMILES string of the molecule is CCC1(C)N(C(C)(C)C)C1(C)CC. The molecular formula is C12H25N. The molecule has 0 radical (unpaired) electrons. The normalized spacial score (nSPS) is 45.0. The van der Waals surface area contributed by atoms with E-state index in [1.807, 2.05) is 0 Å². The van der Waals surface area contributed by atoms with Gasteiger partial charge in [-0.1, -0.05) is 13.8 Å². The maximum absolute atomic E-state index is 2.67. The van der Waals surface area contributed by atoms with Gasteiger partial charge in [-0.15, -0.1) is 0 Å². The van der Waals surface area contributed by atoms with Crippen LogP contribution in [0.3, 0.4) is 0 Å². The summed E-state index contributed by atoms with van der Waals surface area (Å²) in [7, 11) is 0. The minimum atomic E-state index is 0.315. The minimum absolute atomic E-state index is 0.315. The summed E-state index contributed by atoms with van der Waals surface area (Å²) in [5.74, 6) is 0. The average Bonchev–Trinajstić information content (AvgIpc) is 2.51. The third-order valence-electron chi connectivity index (χ3n) is 4.15. The second-order valence-electron chi connectivity index (χ2n) is 5.76. The molecule has 0 aromatic rings. The van der Waals surface area contributed by atoms with Gasteiger partial charge in [0.1, 0.15) is 0 Å². The first-order valence-electron chi connectivity index (χ1n) is 5.54. The van der Waals surface area contributed by atoms with Crippen LogP contribution in [0.5, 0.6) is 0 Å². The zero-order valence-corrected chi connectivity index (χ0v) is 10.4. The van der Waals surface area contributed by atoms with Crippen LogP contribution in [0.25, 0.3) is 0 Å². The monoisotopic (exact) mass is 183 g/mol. The Labute approximate surface area is 83.5 Å². The third-order valence-corrected chi connectivity index (χ3v) is 4.15. The Morgan fingerprint density at radius 2 is 1.23 bits per heavy atom. The van der Waals surface area contributed by atoms with Crippen LogP contribution in [0.1, 0.15) is 61.3 Å². The fourth-order valence-electron chi connectivity index (χ4n) is 3.29. The number of hydrogen-bond acceptors (Lipinski definition) is 1. The van der Waals surface area contributed by atoms with E-state index in [0.29, 0.717) is 16.6 Å². The van der Waals surface area contributed by atoms with Gasteiger partial charge in [0, 0.05) is 16.6 Å². The maximum atomic E-state index is 2.67. The van der Waals surface area contributed by atoms with Gasteiger partial charge in [0.05, 0.1) is 0 Å². The molecule has 0 spiro atoms. The van der Waals surface area contributed by atoms with E-state index in [-0.39, 0.29) is 0 Å². The Kier molecular flexibility index (Phi) is 2.31. The molecule has 1 aliphatic rings. The van der Waals surface area contributed by atoms with Crippen LogP contribution in [0.4, 0.5) is 0 Å². The molecule has 1 saturated heterocycles. The van der Waals surface area contributed by atoms with Gasteiger partial charge in [0.25, 0.3) is 0 Å². The Morgan fingerprint density at radius 1 is 0.923 bits per heavy atom. The predicted molar refractivity (Wildman–Crippen MR) is 59.0 cm³/mol. The molecule has 0 saturated carbocycles. The first-order chi connectivity index (χ1) is 5.74. The van der Waals surface area contributed by atoms with E-state index < -0.39 is 0 Å². The highest BCUT2D eigenvalue weighted by molar-refractivity contribution is 5.26. The molecule has 1 rings (SSSR count). The van der Waals surface area contributed by atoms with E-state index in [4.69, 9.17) is 0 Å². The van der Waals surface area contributed by atoms with Crippen molar-refractivity contribution in [3.8, 4) is 0 Å². The summed E-state index contributed by atoms with van der Waals surface area (Å²) in [5, 5.41) is 0. The van der Waals surface area contributed by atoms with Crippen LogP contribution in [0, 0.1) is 0 Å². The summed E-state index contributed by atoms with van der Waals surface area (Å²) in [5.41, 5.74) is 1.18. The standard InChI is InChI=1S/C12H25N/c1-8-11(6)12(7,9-2)13(11)10(3,4)5/h8-9H2,1-7H3. The summed E-state index contributed by atoms with van der Waals surface area (Å²) in [4.78, 5) is 2.67. The van der Waals surface area contributed by atoms with Crippen LogP contribution in [0.15, 0.2) is 0 Å². The lowest BCUT2D eigenvalue weighted by Crippen LogP contribution is -2.32. The highest BCUT2D eigenvalue weighted by Gasteiger charge is 2.69. The lowest BCUT2D eigenvalue weighted by atomic mass is 9.92. The number of rotatable bonds is 2. The first-order valence-corrected chi connectivity index (χ1v) is 5.54. The summed E-state index contributed by atoms with van der Waals surface area (Å²) >= 11 is 0. The fraction of sp³-hybridized carbons (Fsp3) is 1.00. The van der Waals surface area contributed by atoms with Crippen molar-refractivity contribution in [3.05, 3.63) is 0 Å². The summed E-state index contributed by atoms with van der Waals surface area (Å²) in [6.45, 7) is 16.4. The molecule has 0 aliphatic carbocycles. The maximum Gasteiger partial charge on any atom is 0.0371 e. The van der Waals surface area contributed by atoms with Crippen LogP contribution < -0.4 is 0 Å². The van der Waals surface area contributed by atoms with E-state index >= 15 is 0 Å². The van der Waals surface area contributed by atoms with Crippen LogP contribution in [-0.4, -0.2) is 21.5 Å². The topological polar surface area (TPSA) is 3.01 Å². The van der Waals surface area contributed by atoms with Gasteiger partial charge in [-0.05, 0) is 47.5 Å². The minimum Gasteiger partial charge on any atom is -0.284 e. The molecule has 0 aromatic heterocycles. The molecule has 1 heteroatoms. The highest BCUT2D eigenvalue weighted by Crippen LogP contribution is 2.59. The molecule has 78 valence electrons. The molecule has 1 nitrogen and oxygen atoms in total. The molecule has 1 heterocycles. The van der Waals surface area contributed by atoms with Gasteiger partial charge in [-0.25, -0.2) is 0 Å². The zero-order chi connectivity index (χ0) is 10.5. The summed E-state index contributed by atoms with van der Waals surface area (Å²) < 4.78 is 0. The van der Waals surface area contributed by atoms with Crippen molar-refractivity contribution in [3.63, 3.8) is 0 Å². The molecule has 1 aliphatic heterocycles. The van der Waals surface area contributed by atoms with E-state index in [1.54, 1.807) is 0 Å². The first kappa shape index (κ1) is 11.0. The second kappa shape index (κ2) is 2.73. The van der Waals surface area contributed by atoms with E-state index in [0.717, 1.165) is 0 Å². The Hall–Kier alpha value is -0.0400. The molecule has 0 N–H and O–H groups in total. The van der Waals surface area contributed by atoms with Crippen molar-refractivity contribution in [2.75, 3.05) is 0 Å². The van der Waals surface area contributed by atoms with Gasteiger partial charge >= 0.3 is 0 Å². The average molecular weight is 183 g/mol. The van der Waals surface area contributed by atoms with E-state index in [2.05, 4.69) is 53.4 Å². The van der Waals surface area contributed by atoms with Crippen LogP contribution in [-0.2, 0) is 0 Å². The Balaban J connectivity index is 2.92. The Morgan fingerprint density at radius 3 is 1.31 bits per heavy atom. The molecule has 0 amide bonds. The molecule has 0 aromatic carbocycles. The molecule has 0 bridgehead atoms. The fourth-order valence-corrected chi connectivity index (χ4v) is 3.29. The van der Waals surface area contributed by atoms with Gasteiger partial charge in [0.15, 0.2) is 0 Å². The lowest BCUT2D eigenvalue weighted by Gasteiger charge is -2.26. The van der Waals surface area contributed by atoms with Gasteiger partial charge in [0.2, 0.25) is 0 Å². The van der Waals surface area contributed by atoms with Crippen molar-refractivity contribution in [1.82, 2.24) is 4.90 Å².